The second-order valence-corrected chi connectivity index (χ2v) is 40.4. The Kier molecular flexibility index (Phi) is 14.3. The molecule has 0 atom stereocenters. The van der Waals surface area contributed by atoms with Crippen molar-refractivity contribution in [2.45, 2.75) is 84.7 Å². The molecule has 2 aromatic carbocycles. The number of hydrogen-bond acceptors (Lipinski definition) is 3. The summed E-state index contributed by atoms with van der Waals surface area (Å²) in [6, 6.07) is 22.3. The Balaban J connectivity index is 1.58. The van der Waals surface area contributed by atoms with Crippen LogP contribution < -0.4 is 5.32 Å². The number of aromatic nitrogens is 4. The van der Waals surface area contributed by atoms with Crippen molar-refractivity contribution in [3.05, 3.63) is 117 Å². The van der Waals surface area contributed by atoms with E-state index >= 15 is 0 Å². The molecule has 5 heterocycles. The van der Waals surface area contributed by atoms with E-state index in [2.05, 4.69) is 170 Å². The van der Waals surface area contributed by atoms with Gasteiger partial charge in [0.15, 0.2) is 0 Å². The highest BCUT2D eigenvalue weighted by Crippen LogP contribution is 2.35. The lowest BCUT2D eigenvalue weighted by Gasteiger charge is -2.09. The molecule has 0 saturated carbocycles. The number of rotatable bonds is 3. The Hall–Kier alpha value is -7.03. The van der Waals surface area contributed by atoms with Crippen molar-refractivity contribution in [2.24, 2.45) is 0 Å². The van der Waals surface area contributed by atoms with E-state index in [9.17, 15) is 18.0 Å². The number of halogens is 3. The van der Waals surface area contributed by atoms with Crippen LogP contribution in [0.1, 0.15) is 50.6 Å². The van der Waals surface area contributed by atoms with E-state index in [1.54, 1.807) is 0 Å². The van der Waals surface area contributed by atoms with E-state index in [0.717, 1.165) is 66.8 Å². The fourth-order valence-electron chi connectivity index (χ4n) is 7.11. The number of H-pyrrole nitrogens is 2. The van der Waals surface area contributed by atoms with E-state index in [0.29, 0.717) is 28.2 Å². The van der Waals surface area contributed by atoms with Gasteiger partial charge < -0.3 is 15.3 Å². The number of fused-ring (bicyclic) bond motifs is 8. The standard InChI is InChI=1S/C57H56F3N5OSi4/c1-67(2,3)28-23-39-32-40(24-29-68(4,5)6)35-43(34-39)54-50-17-15-45(62-50)38-46-16-18-51(63-46)55(44-36-41(25-30-69(7,8)9)33-42(37-44)26-31-70(10,11)12)53-22-20-49(65-53)47(48-19-21-52(54)64-48)14-13-27-61-56(66)57(58,59)60/h15-22,32-38,62,64H,27H2,1-12H3,(H,61,66). The fourth-order valence-corrected chi connectivity index (χ4v) is 9.18. The Morgan fingerprint density at radius 3 is 1.49 bits per heavy atom. The molecule has 2 aliphatic rings. The van der Waals surface area contributed by atoms with Crippen LogP contribution >= 0.6 is 0 Å². The van der Waals surface area contributed by atoms with Crippen molar-refractivity contribution < 1.29 is 18.0 Å². The molecule has 70 heavy (non-hydrogen) atoms. The zero-order chi connectivity index (χ0) is 50.8. The van der Waals surface area contributed by atoms with Crippen LogP contribution in [0, 0.1) is 57.7 Å². The van der Waals surface area contributed by atoms with E-state index < -0.39 is 50.9 Å². The van der Waals surface area contributed by atoms with Crippen molar-refractivity contribution in [1.82, 2.24) is 25.3 Å². The minimum Gasteiger partial charge on any atom is -0.355 e. The normalized spacial score (nSPS) is 12.2. The monoisotopic (exact) mass is 995 g/mol. The second-order valence-electron chi connectivity index (χ2n) is 21.4. The van der Waals surface area contributed by atoms with Crippen LogP contribution in [0.25, 0.3) is 68.6 Å². The molecule has 1 amide bonds. The van der Waals surface area contributed by atoms with E-state index in [-0.39, 0.29) is 0 Å². The largest absolute Gasteiger partial charge is 0.471 e. The summed E-state index contributed by atoms with van der Waals surface area (Å²) in [6.45, 7) is 26.0. The fraction of sp³-hybridized carbons (Fsp3) is 0.246. The lowest BCUT2D eigenvalue weighted by molar-refractivity contribution is -0.173. The molecule has 7 rings (SSSR count). The van der Waals surface area contributed by atoms with Gasteiger partial charge in [-0.25, -0.2) is 9.97 Å². The number of nitrogens with zero attached hydrogens (tertiary/aromatic N) is 2. The lowest BCUT2D eigenvalue weighted by atomic mass is 9.97. The number of nitrogens with one attached hydrogen (secondary N) is 3. The van der Waals surface area contributed by atoms with Gasteiger partial charge in [-0.3, -0.25) is 4.79 Å². The molecule has 0 fully saturated rings. The number of amides is 1. The van der Waals surface area contributed by atoms with Crippen LogP contribution in [0.4, 0.5) is 13.2 Å². The summed E-state index contributed by atoms with van der Waals surface area (Å²) >= 11 is 0. The van der Waals surface area contributed by atoms with Crippen molar-refractivity contribution in [1.29, 1.82) is 0 Å². The summed E-state index contributed by atoms with van der Waals surface area (Å²) < 4.78 is 39.7. The topological polar surface area (TPSA) is 86.5 Å². The summed E-state index contributed by atoms with van der Waals surface area (Å²) in [5, 5.41) is 1.88. The number of aromatic amines is 2. The predicted molar refractivity (Wildman–Crippen MR) is 297 cm³/mol. The number of carbonyl (C=O) groups is 1. The SMILES string of the molecule is C[Si](C)(C)C#Cc1cc(C#C[Si](C)(C)C)cc(-c2c3nc(cc4ccc([nH]4)c(-c4cc(C#C[Si](C)(C)C)cc(C#C[Si](C)(C)C)c4)c4ccc([nH]4)c(C#CCNC(=O)C(F)(F)F)c4nc2C=C4)C=C3)c1. The zero-order valence-corrected chi connectivity index (χ0v) is 45.8. The molecule has 0 radical (unpaired) electrons. The quantitative estimate of drug-likeness (QED) is 0.122. The van der Waals surface area contributed by atoms with E-state index in [4.69, 9.17) is 9.97 Å². The van der Waals surface area contributed by atoms with Crippen LogP contribution in [0.5, 0.6) is 0 Å². The molecule has 5 aromatic rings. The Labute approximate surface area is 414 Å². The first-order valence-electron chi connectivity index (χ1n) is 23.1. The van der Waals surface area contributed by atoms with Gasteiger partial charge in [0.25, 0.3) is 0 Å². The maximum Gasteiger partial charge on any atom is 0.471 e. The summed E-state index contributed by atoms with van der Waals surface area (Å²) in [6.07, 6.45) is 2.64. The smallest absolute Gasteiger partial charge is 0.355 e. The molecule has 8 bridgehead atoms. The number of carbonyl (C=O) groups excluding carboxylic acids is 1. The summed E-state index contributed by atoms with van der Waals surface area (Å²) in [5.41, 5.74) is 26.5. The van der Waals surface area contributed by atoms with Gasteiger partial charge in [0.05, 0.1) is 40.4 Å². The first-order chi connectivity index (χ1) is 32.6. The van der Waals surface area contributed by atoms with Gasteiger partial charge in [-0.05, 0) is 102 Å². The van der Waals surface area contributed by atoms with Crippen LogP contribution in [0.15, 0.2) is 66.7 Å². The minimum absolute atomic E-state index is 0.411. The lowest BCUT2D eigenvalue weighted by Crippen LogP contribution is -2.36. The Bertz CT molecular complexity index is 3430. The van der Waals surface area contributed by atoms with E-state index in [1.165, 1.54) is 0 Å². The third kappa shape index (κ3) is 13.8. The molecule has 13 heteroatoms. The van der Waals surface area contributed by atoms with Gasteiger partial charge >= 0.3 is 12.1 Å². The highest BCUT2D eigenvalue weighted by Gasteiger charge is 2.38. The maximum atomic E-state index is 13.2. The van der Waals surface area contributed by atoms with Gasteiger partial charge in [0, 0.05) is 49.9 Å². The van der Waals surface area contributed by atoms with Crippen molar-refractivity contribution >= 4 is 84.6 Å². The summed E-state index contributed by atoms with van der Waals surface area (Å²) in [4.78, 5) is 29.5. The van der Waals surface area contributed by atoms with Crippen LogP contribution in [-0.4, -0.2) is 70.9 Å². The first-order valence-corrected chi connectivity index (χ1v) is 37.1. The molecule has 2 aliphatic heterocycles. The van der Waals surface area contributed by atoms with Crippen molar-refractivity contribution in [3.63, 3.8) is 0 Å². The summed E-state index contributed by atoms with van der Waals surface area (Å²) in [5.74, 6) is 17.6. The highest BCUT2D eigenvalue weighted by molar-refractivity contribution is 6.85. The van der Waals surface area contributed by atoms with Crippen LogP contribution in [0.2, 0.25) is 78.6 Å². The molecular formula is C57H56F3N5OSi4. The summed E-state index contributed by atoms with van der Waals surface area (Å²) in [7, 11) is -7.01. The zero-order valence-electron chi connectivity index (χ0n) is 41.8. The van der Waals surface area contributed by atoms with Gasteiger partial charge in [-0.15, -0.1) is 22.2 Å². The molecule has 0 saturated heterocycles. The Morgan fingerprint density at radius 2 is 0.971 bits per heavy atom. The molecule has 0 unspecified atom stereocenters. The molecule has 0 aliphatic carbocycles. The number of benzene rings is 2. The minimum atomic E-state index is -5.05. The molecule has 0 spiro atoms. The second kappa shape index (κ2) is 19.8. The van der Waals surface area contributed by atoms with Gasteiger partial charge in [-0.1, -0.05) is 114 Å². The molecule has 6 nitrogen and oxygen atoms in total. The van der Waals surface area contributed by atoms with Crippen molar-refractivity contribution in [2.75, 3.05) is 6.54 Å². The highest BCUT2D eigenvalue weighted by atomic mass is 28.3. The average molecular weight is 996 g/mol. The predicted octanol–water partition coefficient (Wildman–Crippen LogP) is 12.9. The number of hydrogen-bond donors (Lipinski definition) is 3. The third-order valence-corrected chi connectivity index (χ3v) is 13.7. The maximum absolute atomic E-state index is 13.2. The van der Waals surface area contributed by atoms with Crippen LogP contribution in [0.3, 0.4) is 0 Å². The van der Waals surface area contributed by atoms with Gasteiger partial charge in [-0.2, -0.15) is 13.2 Å². The van der Waals surface area contributed by atoms with Crippen LogP contribution in [-0.2, 0) is 4.79 Å². The average Bonchev–Trinajstić information content (AvgIpc) is 4.10. The van der Waals surface area contributed by atoms with E-state index in [1.807, 2.05) is 72.1 Å². The Morgan fingerprint density at radius 1 is 0.529 bits per heavy atom. The van der Waals surface area contributed by atoms with Crippen molar-refractivity contribution in [3.8, 4) is 80.0 Å². The molecule has 3 N–H and O–H groups in total. The first kappa shape index (κ1) is 50.8. The van der Waals surface area contributed by atoms with Gasteiger partial charge in [0.2, 0.25) is 0 Å². The number of alkyl halides is 3. The molecule has 3 aromatic heterocycles. The molecular weight excluding hydrogens is 940 g/mol. The van der Waals surface area contributed by atoms with Gasteiger partial charge in [0.1, 0.15) is 32.3 Å². The molecule has 352 valence electrons. The third-order valence-electron chi connectivity index (χ3n) is 10.2.